The lowest BCUT2D eigenvalue weighted by Crippen LogP contribution is -2.21. The van der Waals surface area contributed by atoms with E-state index in [4.69, 9.17) is 32.0 Å². The maximum Gasteiger partial charge on any atom is 0.490 e. The van der Waals surface area contributed by atoms with E-state index < -0.39 is 22.0 Å². The number of carboxylic acid groups (broad SMARTS) is 1. The molecule has 15 heteroatoms. The Hall–Kier alpha value is -3.46. The second kappa shape index (κ2) is 13.5. The molecule has 0 aliphatic rings. The van der Waals surface area contributed by atoms with Crippen LogP contribution in [0, 0.1) is 0 Å². The van der Waals surface area contributed by atoms with Crippen LogP contribution in [0.2, 0.25) is 4.34 Å². The first kappa shape index (κ1) is 32.1. The number of fused-ring (bicyclic) bond motifs is 1. The van der Waals surface area contributed by atoms with Gasteiger partial charge in [-0.1, -0.05) is 41.9 Å². The second-order valence-electron chi connectivity index (χ2n) is 8.64. The topological polar surface area (TPSA) is 142 Å². The number of hydrogen-bond acceptors (Lipinski definition) is 8. The number of nitrogens with zero attached hydrogens (tertiary/aromatic N) is 2. The number of nitrogens with two attached hydrogens (primary N) is 1. The van der Waals surface area contributed by atoms with E-state index in [9.17, 15) is 26.4 Å². The van der Waals surface area contributed by atoms with Crippen LogP contribution in [-0.4, -0.2) is 54.9 Å². The fraction of sp³-hybridized carbons (Fsp3) is 0.269. The standard InChI is InChI=1S/C24H24ClN3O4S2.C2HF3O2/c1-32-21-7-3-6-20-24(21)19(15-34(30,31)23-11-10-22(25)33-23)27-28(20)14-17-5-2-4-16(12-17)8-9-18(29)13-26;3-2(4,5)1(6)7/h2-7,10-12H,8-9,13-15,26H2,1H3;(H,6,7). The molecule has 220 valence electrons. The lowest BCUT2D eigenvalue weighted by molar-refractivity contribution is -0.192. The summed E-state index contributed by atoms with van der Waals surface area (Å²) in [4.78, 5) is 20.5. The lowest BCUT2D eigenvalue weighted by Gasteiger charge is -2.07. The number of aliphatic carboxylic acids is 1. The highest BCUT2D eigenvalue weighted by Gasteiger charge is 2.38. The van der Waals surface area contributed by atoms with Gasteiger partial charge in [-0.3, -0.25) is 9.48 Å². The number of alkyl halides is 3. The van der Waals surface area contributed by atoms with Gasteiger partial charge in [-0.05, 0) is 41.8 Å². The molecule has 0 atom stereocenters. The van der Waals surface area contributed by atoms with Crippen LogP contribution in [0.15, 0.2) is 58.8 Å². The number of carboxylic acids is 1. The maximum absolute atomic E-state index is 13.0. The fourth-order valence-electron chi connectivity index (χ4n) is 3.82. The van der Waals surface area contributed by atoms with Crippen molar-refractivity contribution in [2.24, 2.45) is 5.73 Å². The summed E-state index contributed by atoms with van der Waals surface area (Å²) in [6, 6.07) is 16.6. The molecule has 2 aromatic carbocycles. The number of aryl methyl sites for hydroxylation is 1. The number of thiophene rings is 1. The summed E-state index contributed by atoms with van der Waals surface area (Å²) < 4.78 is 65.8. The number of hydrogen-bond donors (Lipinski definition) is 2. The summed E-state index contributed by atoms with van der Waals surface area (Å²) in [7, 11) is -2.08. The Morgan fingerprint density at radius 3 is 2.37 bits per heavy atom. The van der Waals surface area contributed by atoms with E-state index in [2.05, 4.69) is 5.10 Å². The van der Waals surface area contributed by atoms with Crippen molar-refractivity contribution in [1.82, 2.24) is 9.78 Å². The second-order valence-corrected chi connectivity index (χ2v) is 12.6. The number of ether oxygens (including phenoxy) is 1. The first-order valence-corrected chi connectivity index (χ1v) is 14.7. The van der Waals surface area contributed by atoms with E-state index in [1.165, 1.54) is 6.07 Å². The minimum Gasteiger partial charge on any atom is -0.496 e. The van der Waals surface area contributed by atoms with Gasteiger partial charge in [0.05, 0.1) is 41.1 Å². The van der Waals surface area contributed by atoms with Crippen LogP contribution >= 0.6 is 22.9 Å². The molecule has 0 radical (unpaired) electrons. The molecule has 0 aliphatic carbocycles. The molecule has 0 amide bonds. The quantitative estimate of drug-likeness (QED) is 0.252. The zero-order valence-electron chi connectivity index (χ0n) is 21.5. The fourth-order valence-corrected chi connectivity index (χ4v) is 6.67. The number of Topliss-reactive ketones (excluding diaryl/α,β-unsaturated/α-hetero) is 1. The van der Waals surface area contributed by atoms with Crippen molar-refractivity contribution in [2.75, 3.05) is 13.7 Å². The highest BCUT2D eigenvalue weighted by molar-refractivity contribution is 7.92. The normalized spacial score (nSPS) is 11.7. The SMILES string of the molecule is COc1cccc2c1c(CS(=O)(=O)c1ccc(Cl)s1)nn2Cc1cccc(CCC(=O)CN)c1.O=C(O)C(F)(F)F. The largest absolute Gasteiger partial charge is 0.496 e. The molecule has 0 bridgehead atoms. The maximum atomic E-state index is 13.0. The third kappa shape index (κ3) is 8.52. The molecule has 0 aliphatic heterocycles. The van der Waals surface area contributed by atoms with E-state index in [-0.39, 0.29) is 22.3 Å². The van der Waals surface area contributed by atoms with Crippen LogP contribution in [0.25, 0.3) is 10.9 Å². The molecule has 0 spiro atoms. The van der Waals surface area contributed by atoms with E-state index in [1.54, 1.807) is 23.9 Å². The molecule has 9 nitrogen and oxygen atoms in total. The van der Waals surface area contributed by atoms with Gasteiger partial charge in [0.2, 0.25) is 0 Å². The summed E-state index contributed by atoms with van der Waals surface area (Å²) in [6.07, 6.45) is -4.07. The van der Waals surface area contributed by atoms with Crippen molar-refractivity contribution >= 4 is 55.4 Å². The molecule has 2 heterocycles. The molecular weight excluding hydrogens is 607 g/mol. The summed E-state index contributed by atoms with van der Waals surface area (Å²) >= 11 is 6.99. The van der Waals surface area contributed by atoms with Crippen molar-refractivity contribution < 1.29 is 41.0 Å². The molecule has 0 saturated carbocycles. The average molecular weight is 632 g/mol. The number of carbonyl (C=O) groups excluding carboxylic acids is 1. The molecule has 0 fully saturated rings. The van der Waals surface area contributed by atoms with Gasteiger partial charge < -0.3 is 15.6 Å². The Balaban J connectivity index is 0.000000587. The van der Waals surface area contributed by atoms with Gasteiger partial charge in [-0.2, -0.15) is 18.3 Å². The summed E-state index contributed by atoms with van der Waals surface area (Å²) in [5.41, 5.74) is 8.63. The predicted molar refractivity (Wildman–Crippen MR) is 148 cm³/mol. The molecule has 41 heavy (non-hydrogen) atoms. The van der Waals surface area contributed by atoms with E-state index in [1.807, 2.05) is 36.4 Å². The Bertz CT molecular complexity index is 1650. The zero-order valence-corrected chi connectivity index (χ0v) is 23.9. The molecule has 4 rings (SSSR count). The number of aromatic nitrogens is 2. The van der Waals surface area contributed by atoms with E-state index in [0.717, 1.165) is 28.0 Å². The monoisotopic (exact) mass is 631 g/mol. The van der Waals surface area contributed by atoms with Gasteiger partial charge in [0.1, 0.15) is 21.5 Å². The van der Waals surface area contributed by atoms with Gasteiger partial charge in [0, 0.05) is 6.42 Å². The first-order chi connectivity index (χ1) is 19.2. The van der Waals surface area contributed by atoms with Gasteiger partial charge in [0.25, 0.3) is 0 Å². The molecule has 4 aromatic rings. The molecule has 0 saturated heterocycles. The Morgan fingerprint density at radius 2 is 1.78 bits per heavy atom. The predicted octanol–water partition coefficient (Wildman–Crippen LogP) is 4.88. The van der Waals surface area contributed by atoms with Crippen molar-refractivity contribution in [2.45, 2.75) is 35.5 Å². The van der Waals surface area contributed by atoms with Crippen LogP contribution in [-0.2, 0) is 38.1 Å². The van der Waals surface area contributed by atoms with Crippen LogP contribution in [0.3, 0.4) is 0 Å². The first-order valence-electron chi connectivity index (χ1n) is 11.9. The van der Waals surface area contributed by atoms with E-state index >= 15 is 0 Å². The average Bonchev–Trinajstić information content (AvgIpc) is 3.51. The molecular formula is C26H25ClF3N3O6S2. The highest BCUT2D eigenvalue weighted by Crippen LogP contribution is 2.33. The van der Waals surface area contributed by atoms with Crippen molar-refractivity contribution in [1.29, 1.82) is 0 Å². The minimum absolute atomic E-state index is 0.0217. The third-order valence-electron chi connectivity index (χ3n) is 5.70. The van der Waals surface area contributed by atoms with Gasteiger partial charge in [-0.25, -0.2) is 13.2 Å². The molecule has 2 aromatic heterocycles. The van der Waals surface area contributed by atoms with Crippen molar-refractivity contribution in [3.8, 4) is 5.75 Å². The minimum atomic E-state index is -5.08. The lowest BCUT2D eigenvalue weighted by atomic mass is 10.0. The highest BCUT2D eigenvalue weighted by atomic mass is 35.5. The van der Waals surface area contributed by atoms with Crippen LogP contribution in [0.4, 0.5) is 13.2 Å². The van der Waals surface area contributed by atoms with Gasteiger partial charge in [-0.15, -0.1) is 11.3 Å². The van der Waals surface area contributed by atoms with Gasteiger partial charge >= 0.3 is 12.1 Å². The van der Waals surface area contributed by atoms with Crippen molar-refractivity contribution in [3.63, 3.8) is 0 Å². The summed E-state index contributed by atoms with van der Waals surface area (Å²) in [5, 5.41) is 12.5. The summed E-state index contributed by atoms with van der Waals surface area (Å²) in [5.74, 6) is -2.44. The number of halogens is 4. The van der Waals surface area contributed by atoms with Crippen molar-refractivity contribution in [3.05, 3.63) is 75.8 Å². The van der Waals surface area contributed by atoms with Crippen LogP contribution in [0.1, 0.15) is 23.2 Å². The number of carbonyl (C=O) groups is 2. The third-order valence-corrected chi connectivity index (χ3v) is 9.14. The number of benzene rings is 2. The van der Waals surface area contributed by atoms with Gasteiger partial charge in [0.15, 0.2) is 9.84 Å². The number of ketones is 1. The number of sulfone groups is 1. The Kier molecular flexibility index (Phi) is 10.5. The molecule has 3 N–H and O–H groups in total. The number of rotatable bonds is 10. The summed E-state index contributed by atoms with van der Waals surface area (Å²) in [6.45, 7) is 0.484. The smallest absolute Gasteiger partial charge is 0.490 e. The Labute approximate surface area is 242 Å². The zero-order chi connectivity index (χ0) is 30.4. The van der Waals surface area contributed by atoms with Crippen LogP contribution in [0.5, 0.6) is 5.75 Å². The number of methoxy groups -OCH3 is 1. The Morgan fingerprint density at radius 1 is 1.12 bits per heavy atom. The van der Waals surface area contributed by atoms with E-state index in [0.29, 0.717) is 40.6 Å². The molecule has 0 unspecified atom stereocenters. The van der Waals surface area contributed by atoms with Crippen LogP contribution < -0.4 is 10.5 Å².